The van der Waals surface area contributed by atoms with E-state index < -0.39 is 0 Å². The first-order valence-corrected chi connectivity index (χ1v) is 9.92. The standard InChI is InChI=1S/C21H36N4O.HI/c1-22-21(23-14-19(16-26)17-10-6-4-7-11-17)24-15-20(25(2)3)18-12-8-5-9-13-18;/h4,6-7,10-11,18-20,26H,5,8-9,12-16H2,1-3H3,(H2,22,23,24);1H. The van der Waals surface area contributed by atoms with Crippen molar-refractivity contribution in [1.29, 1.82) is 0 Å². The molecule has 0 amide bonds. The van der Waals surface area contributed by atoms with Crippen LogP contribution >= 0.6 is 24.0 Å². The van der Waals surface area contributed by atoms with Crippen molar-refractivity contribution in [3.8, 4) is 0 Å². The fourth-order valence-electron chi connectivity index (χ4n) is 3.94. The molecule has 0 spiro atoms. The lowest BCUT2D eigenvalue weighted by molar-refractivity contribution is 0.171. The highest BCUT2D eigenvalue weighted by Crippen LogP contribution is 2.28. The molecule has 2 atom stereocenters. The molecule has 0 saturated heterocycles. The van der Waals surface area contributed by atoms with Crippen LogP contribution in [-0.2, 0) is 0 Å². The summed E-state index contributed by atoms with van der Waals surface area (Å²) in [5.74, 6) is 1.64. The number of benzene rings is 1. The fourth-order valence-corrected chi connectivity index (χ4v) is 3.94. The number of halogens is 1. The molecule has 3 N–H and O–H groups in total. The Balaban J connectivity index is 0.00000364. The largest absolute Gasteiger partial charge is 0.396 e. The molecule has 1 aromatic carbocycles. The van der Waals surface area contributed by atoms with Crippen molar-refractivity contribution in [1.82, 2.24) is 15.5 Å². The van der Waals surface area contributed by atoms with Crippen molar-refractivity contribution >= 4 is 29.9 Å². The summed E-state index contributed by atoms with van der Waals surface area (Å²) in [5.41, 5.74) is 1.14. The van der Waals surface area contributed by atoms with Gasteiger partial charge in [-0.2, -0.15) is 0 Å². The van der Waals surface area contributed by atoms with E-state index in [0.29, 0.717) is 12.6 Å². The monoisotopic (exact) mass is 488 g/mol. The van der Waals surface area contributed by atoms with E-state index in [-0.39, 0.29) is 36.5 Å². The number of aliphatic imine (C=N–C) groups is 1. The minimum Gasteiger partial charge on any atom is -0.396 e. The van der Waals surface area contributed by atoms with E-state index >= 15 is 0 Å². The molecule has 1 saturated carbocycles. The molecule has 0 bridgehead atoms. The lowest BCUT2D eigenvalue weighted by Crippen LogP contribution is -2.49. The quantitative estimate of drug-likeness (QED) is 0.299. The highest BCUT2D eigenvalue weighted by atomic mass is 127. The van der Waals surface area contributed by atoms with Gasteiger partial charge in [0.2, 0.25) is 0 Å². The van der Waals surface area contributed by atoms with Gasteiger partial charge in [-0.15, -0.1) is 24.0 Å². The van der Waals surface area contributed by atoms with E-state index in [1.54, 1.807) is 7.05 Å². The van der Waals surface area contributed by atoms with Gasteiger partial charge in [0, 0.05) is 32.1 Å². The van der Waals surface area contributed by atoms with Crippen LogP contribution in [0.15, 0.2) is 35.3 Å². The van der Waals surface area contributed by atoms with Crippen molar-refractivity contribution in [2.75, 3.05) is 40.8 Å². The molecule has 27 heavy (non-hydrogen) atoms. The molecular formula is C21H37IN4O. The minimum atomic E-state index is 0. The van der Waals surface area contributed by atoms with Crippen LogP contribution in [0, 0.1) is 5.92 Å². The van der Waals surface area contributed by atoms with Gasteiger partial charge < -0.3 is 20.6 Å². The molecule has 0 heterocycles. The first-order chi connectivity index (χ1) is 12.7. The molecule has 154 valence electrons. The summed E-state index contributed by atoms with van der Waals surface area (Å²) in [7, 11) is 6.15. The molecule has 0 radical (unpaired) electrons. The SMILES string of the molecule is CN=C(NCC(CO)c1ccccc1)NCC(C1CCCCC1)N(C)C.I. The highest BCUT2D eigenvalue weighted by molar-refractivity contribution is 14.0. The molecule has 1 fully saturated rings. The predicted molar refractivity (Wildman–Crippen MR) is 125 cm³/mol. The van der Waals surface area contributed by atoms with Gasteiger partial charge in [-0.25, -0.2) is 0 Å². The third-order valence-electron chi connectivity index (χ3n) is 5.57. The molecule has 5 nitrogen and oxygen atoms in total. The van der Waals surface area contributed by atoms with Crippen LogP contribution in [-0.4, -0.2) is 62.8 Å². The fraction of sp³-hybridized carbons (Fsp3) is 0.667. The van der Waals surface area contributed by atoms with Gasteiger partial charge in [0.25, 0.3) is 0 Å². The van der Waals surface area contributed by atoms with Crippen molar-refractivity contribution < 1.29 is 5.11 Å². The Bertz CT molecular complexity index is 532. The summed E-state index contributed by atoms with van der Waals surface area (Å²) < 4.78 is 0. The number of hydrogen-bond donors (Lipinski definition) is 3. The summed E-state index contributed by atoms with van der Waals surface area (Å²) in [4.78, 5) is 6.70. The normalized spacial score (nSPS) is 17.9. The lowest BCUT2D eigenvalue weighted by atomic mass is 9.83. The molecule has 0 aromatic heterocycles. The average molecular weight is 488 g/mol. The van der Waals surface area contributed by atoms with Crippen LogP contribution in [0.4, 0.5) is 0 Å². The summed E-state index contributed by atoms with van der Waals surface area (Å²) in [6.07, 6.45) is 6.76. The Morgan fingerprint density at radius 1 is 1.11 bits per heavy atom. The van der Waals surface area contributed by atoms with Crippen molar-refractivity contribution in [2.45, 2.75) is 44.1 Å². The topological polar surface area (TPSA) is 59.9 Å². The molecule has 6 heteroatoms. The highest BCUT2D eigenvalue weighted by Gasteiger charge is 2.25. The number of likely N-dealkylation sites (N-methyl/N-ethyl adjacent to an activating group) is 1. The van der Waals surface area contributed by atoms with E-state index in [4.69, 9.17) is 0 Å². The summed E-state index contributed by atoms with van der Waals surface area (Å²) in [6.45, 7) is 1.68. The zero-order valence-electron chi connectivity index (χ0n) is 17.0. The van der Waals surface area contributed by atoms with Crippen LogP contribution in [0.2, 0.25) is 0 Å². The Hall–Kier alpha value is -0.860. The number of hydrogen-bond acceptors (Lipinski definition) is 3. The maximum Gasteiger partial charge on any atom is 0.191 e. The molecular weight excluding hydrogens is 451 g/mol. The van der Waals surface area contributed by atoms with E-state index in [1.165, 1.54) is 32.1 Å². The van der Waals surface area contributed by atoms with Gasteiger partial charge in [0.1, 0.15) is 0 Å². The Labute approximate surface area is 182 Å². The molecule has 0 aliphatic heterocycles. The Kier molecular flexibility index (Phi) is 11.9. The first kappa shape index (κ1) is 24.2. The smallest absolute Gasteiger partial charge is 0.191 e. The molecule has 1 aliphatic carbocycles. The van der Waals surface area contributed by atoms with Gasteiger partial charge in [0.05, 0.1) is 6.61 Å². The summed E-state index contributed by atoms with van der Waals surface area (Å²) >= 11 is 0. The van der Waals surface area contributed by atoms with Crippen LogP contribution in [0.1, 0.15) is 43.6 Å². The summed E-state index contributed by atoms with van der Waals surface area (Å²) in [6, 6.07) is 10.7. The van der Waals surface area contributed by atoms with Gasteiger partial charge in [0.15, 0.2) is 5.96 Å². The van der Waals surface area contributed by atoms with Crippen LogP contribution in [0.3, 0.4) is 0 Å². The number of nitrogens with zero attached hydrogens (tertiary/aromatic N) is 2. The number of aliphatic hydroxyl groups is 1. The minimum absolute atomic E-state index is 0. The predicted octanol–water partition coefficient (Wildman–Crippen LogP) is 3.06. The second kappa shape index (κ2) is 13.3. The molecule has 1 aromatic rings. The van der Waals surface area contributed by atoms with Gasteiger partial charge in [-0.1, -0.05) is 49.6 Å². The molecule has 2 unspecified atom stereocenters. The summed E-state index contributed by atoms with van der Waals surface area (Å²) in [5, 5.41) is 16.6. The van der Waals surface area contributed by atoms with Crippen LogP contribution < -0.4 is 10.6 Å². The number of nitrogens with one attached hydrogen (secondary N) is 2. The third kappa shape index (κ3) is 7.95. The van der Waals surface area contributed by atoms with Crippen molar-refractivity contribution in [3.63, 3.8) is 0 Å². The Morgan fingerprint density at radius 2 is 1.74 bits per heavy atom. The average Bonchev–Trinajstić information content (AvgIpc) is 2.68. The molecule has 1 aliphatic rings. The number of guanidine groups is 1. The van der Waals surface area contributed by atoms with E-state index in [2.05, 4.69) is 46.8 Å². The first-order valence-electron chi connectivity index (χ1n) is 9.92. The zero-order chi connectivity index (χ0) is 18.8. The van der Waals surface area contributed by atoms with E-state index in [0.717, 1.165) is 24.0 Å². The van der Waals surface area contributed by atoms with Gasteiger partial charge >= 0.3 is 0 Å². The number of rotatable bonds is 8. The zero-order valence-corrected chi connectivity index (χ0v) is 19.4. The maximum atomic E-state index is 9.72. The van der Waals surface area contributed by atoms with Gasteiger partial charge in [-0.3, -0.25) is 4.99 Å². The maximum absolute atomic E-state index is 9.72. The van der Waals surface area contributed by atoms with Crippen LogP contribution in [0.5, 0.6) is 0 Å². The second-order valence-corrected chi connectivity index (χ2v) is 7.55. The Morgan fingerprint density at radius 3 is 2.30 bits per heavy atom. The van der Waals surface area contributed by atoms with E-state index in [1.807, 2.05) is 18.2 Å². The number of aliphatic hydroxyl groups excluding tert-OH is 1. The molecule has 2 rings (SSSR count). The van der Waals surface area contributed by atoms with E-state index in [9.17, 15) is 5.11 Å². The lowest BCUT2D eigenvalue weighted by Gasteiger charge is -2.35. The second-order valence-electron chi connectivity index (χ2n) is 7.55. The van der Waals surface area contributed by atoms with Crippen molar-refractivity contribution in [2.24, 2.45) is 10.9 Å². The van der Waals surface area contributed by atoms with Gasteiger partial charge in [-0.05, 0) is 38.4 Å². The van der Waals surface area contributed by atoms with Crippen molar-refractivity contribution in [3.05, 3.63) is 35.9 Å². The van der Waals surface area contributed by atoms with Crippen LogP contribution in [0.25, 0.3) is 0 Å². The third-order valence-corrected chi connectivity index (χ3v) is 5.57.